The first-order valence-electron chi connectivity index (χ1n) is 15.6. The zero-order chi connectivity index (χ0) is 31.4. The van der Waals surface area contributed by atoms with E-state index in [-0.39, 0.29) is 6.10 Å². The molecule has 2 saturated heterocycles. The Bertz CT molecular complexity index is 1920. The Morgan fingerprint density at radius 3 is 2.65 bits per heavy atom. The van der Waals surface area contributed by atoms with E-state index in [0.717, 1.165) is 91.0 Å². The number of ether oxygens (including phenoxy) is 3. The number of thioether (sulfide) groups is 1. The van der Waals surface area contributed by atoms with Crippen LogP contribution in [-0.4, -0.2) is 61.7 Å². The maximum Gasteiger partial charge on any atom is 0.278 e. The van der Waals surface area contributed by atoms with Gasteiger partial charge in [-0.15, -0.1) is 10.2 Å². The van der Waals surface area contributed by atoms with Crippen molar-refractivity contribution in [2.45, 2.75) is 62.2 Å². The number of benzene rings is 3. The van der Waals surface area contributed by atoms with Crippen molar-refractivity contribution in [3.05, 3.63) is 82.4 Å². The van der Waals surface area contributed by atoms with Crippen LogP contribution in [0.4, 0.5) is 4.39 Å². The van der Waals surface area contributed by atoms with Crippen LogP contribution < -0.4 is 9.47 Å². The quantitative estimate of drug-likeness (QED) is 0.176. The number of likely N-dealkylation sites (tertiary alicyclic amines) is 1. The van der Waals surface area contributed by atoms with E-state index < -0.39 is 11.6 Å². The average Bonchev–Trinajstić information content (AvgIpc) is 3.74. The van der Waals surface area contributed by atoms with E-state index in [1.165, 1.54) is 17.8 Å². The van der Waals surface area contributed by atoms with Crippen molar-refractivity contribution in [2.24, 2.45) is 0 Å². The molecular weight excluding hydrogens is 627 g/mol. The van der Waals surface area contributed by atoms with E-state index in [0.29, 0.717) is 28.0 Å². The van der Waals surface area contributed by atoms with Gasteiger partial charge in [-0.25, -0.2) is 9.37 Å². The number of rotatable bonds is 8. The van der Waals surface area contributed by atoms with Crippen LogP contribution in [0.3, 0.4) is 0 Å². The molecule has 238 valence electrons. The molecule has 2 atom stereocenters. The van der Waals surface area contributed by atoms with Gasteiger partial charge in [0.1, 0.15) is 11.6 Å². The number of imidazole rings is 1. The molecule has 0 spiro atoms. The van der Waals surface area contributed by atoms with Gasteiger partial charge in [-0.3, -0.25) is 4.90 Å². The monoisotopic (exact) mass is 660 g/mol. The van der Waals surface area contributed by atoms with Crippen molar-refractivity contribution < 1.29 is 18.6 Å². The highest BCUT2D eigenvalue weighted by atomic mass is 35.5. The second-order valence-electron chi connectivity index (χ2n) is 12.3. The van der Waals surface area contributed by atoms with Gasteiger partial charge in [0.15, 0.2) is 22.5 Å². The summed E-state index contributed by atoms with van der Waals surface area (Å²) in [6, 6.07) is 16.9. The molecule has 0 saturated carbocycles. The lowest BCUT2D eigenvalue weighted by Gasteiger charge is -2.33. The van der Waals surface area contributed by atoms with Crippen molar-refractivity contribution in [3.8, 4) is 22.9 Å². The van der Waals surface area contributed by atoms with E-state index in [2.05, 4.69) is 48.9 Å². The molecule has 0 amide bonds. The zero-order valence-corrected chi connectivity index (χ0v) is 27.2. The van der Waals surface area contributed by atoms with Crippen LogP contribution in [0.25, 0.3) is 22.4 Å². The number of hydrogen-bond acceptors (Lipinski definition) is 8. The first kappa shape index (κ1) is 29.7. The normalized spacial score (nSPS) is 21.6. The Balaban J connectivity index is 0.997. The van der Waals surface area contributed by atoms with Crippen molar-refractivity contribution in [2.75, 3.05) is 26.0 Å². The standard InChI is InChI=1S/C34H34ClFN6O3S/c1-34(25-8-7-22(35)17-26(25)36)44-29-5-3-4-24(31(29)45-34)20-10-13-41(14-11-20)19-30-37-27-16-21(32-38-33(46-2)40-39-32)6-9-28(27)42(30)18-23-12-15-43-23/h3-9,16-17,20,23H,10-15,18-19H2,1-2H3,(H,38,39,40). The van der Waals surface area contributed by atoms with Crippen molar-refractivity contribution in [1.82, 2.24) is 29.6 Å². The molecule has 12 heteroatoms. The summed E-state index contributed by atoms with van der Waals surface area (Å²) in [5.74, 6) is 1.71. The molecule has 3 aromatic carbocycles. The van der Waals surface area contributed by atoms with Gasteiger partial charge in [0.05, 0.1) is 35.8 Å². The number of aromatic nitrogens is 5. The highest BCUT2D eigenvalue weighted by Crippen LogP contribution is 2.50. The molecule has 46 heavy (non-hydrogen) atoms. The molecule has 3 aliphatic rings. The molecule has 8 rings (SSSR count). The van der Waals surface area contributed by atoms with Gasteiger partial charge < -0.3 is 23.8 Å². The predicted octanol–water partition coefficient (Wildman–Crippen LogP) is 7.15. The third kappa shape index (κ3) is 5.42. The van der Waals surface area contributed by atoms with Gasteiger partial charge in [-0.2, -0.15) is 0 Å². The molecule has 1 N–H and O–H groups in total. The lowest BCUT2D eigenvalue weighted by atomic mass is 9.88. The Morgan fingerprint density at radius 1 is 1.07 bits per heavy atom. The second-order valence-corrected chi connectivity index (χ2v) is 13.5. The fourth-order valence-corrected chi connectivity index (χ4v) is 7.27. The van der Waals surface area contributed by atoms with E-state index in [9.17, 15) is 4.39 Å². The number of piperidine rings is 1. The smallest absolute Gasteiger partial charge is 0.278 e. The summed E-state index contributed by atoms with van der Waals surface area (Å²) in [6.45, 7) is 5.95. The number of halogens is 2. The summed E-state index contributed by atoms with van der Waals surface area (Å²) in [4.78, 5) is 10.9. The number of para-hydroxylation sites is 1. The minimum absolute atomic E-state index is 0.217. The molecule has 9 nitrogen and oxygen atoms in total. The maximum absolute atomic E-state index is 14.9. The largest absolute Gasteiger partial charge is 0.444 e. The van der Waals surface area contributed by atoms with Crippen LogP contribution >= 0.6 is 23.4 Å². The molecule has 5 heterocycles. The highest BCUT2D eigenvalue weighted by molar-refractivity contribution is 7.98. The number of nitrogens with one attached hydrogen (secondary N) is 1. The van der Waals surface area contributed by atoms with Gasteiger partial charge in [-0.1, -0.05) is 35.5 Å². The summed E-state index contributed by atoms with van der Waals surface area (Å²) >= 11 is 7.53. The fraction of sp³-hybridized carbons (Fsp3) is 0.382. The van der Waals surface area contributed by atoms with Crippen LogP contribution in [0.15, 0.2) is 59.8 Å². The first-order chi connectivity index (χ1) is 22.4. The first-order valence-corrected chi connectivity index (χ1v) is 17.2. The lowest BCUT2D eigenvalue weighted by molar-refractivity contribution is -0.0712. The Labute approximate surface area is 275 Å². The van der Waals surface area contributed by atoms with Gasteiger partial charge in [0, 0.05) is 29.7 Å². The Kier molecular flexibility index (Phi) is 7.67. The highest BCUT2D eigenvalue weighted by Gasteiger charge is 2.43. The van der Waals surface area contributed by atoms with Gasteiger partial charge in [0.2, 0.25) is 0 Å². The number of fused-ring (bicyclic) bond motifs is 2. The molecule has 0 bridgehead atoms. The number of hydrogen-bond donors (Lipinski definition) is 1. The topological polar surface area (TPSA) is 90.3 Å². The van der Waals surface area contributed by atoms with Crippen molar-refractivity contribution in [3.63, 3.8) is 0 Å². The average molecular weight is 661 g/mol. The van der Waals surface area contributed by atoms with Crippen molar-refractivity contribution >= 4 is 34.4 Å². The fourth-order valence-electron chi connectivity index (χ4n) is 6.79. The molecule has 0 radical (unpaired) electrons. The zero-order valence-electron chi connectivity index (χ0n) is 25.6. The molecule has 0 aliphatic carbocycles. The minimum atomic E-state index is -1.26. The van der Waals surface area contributed by atoms with E-state index in [1.54, 1.807) is 19.1 Å². The van der Waals surface area contributed by atoms with Crippen LogP contribution in [0, 0.1) is 5.82 Å². The summed E-state index contributed by atoms with van der Waals surface area (Å²) in [6.07, 6.45) is 5.18. The summed E-state index contributed by atoms with van der Waals surface area (Å²) < 4.78 is 35.7. The van der Waals surface area contributed by atoms with E-state index in [1.807, 2.05) is 18.4 Å². The predicted molar refractivity (Wildman–Crippen MR) is 175 cm³/mol. The van der Waals surface area contributed by atoms with Crippen LogP contribution in [0.1, 0.15) is 49.1 Å². The third-order valence-electron chi connectivity index (χ3n) is 9.36. The Hall–Kier alpha value is -3.64. The van der Waals surface area contributed by atoms with Gasteiger partial charge >= 0.3 is 0 Å². The Morgan fingerprint density at radius 2 is 1.91 bits per heavy atom. The third-order valence-corrected chi connectivity index (χ3v) is 10.2. The number of H-pyrrole nitrogens is 1. The summed E-state index contributed by atoms with van der Waals surface area (Å²) in [5.41, 5.74) is 4.44. The van der Waals surface area contributed by atoms with E-state index >= 15 is 0 Å². The van der Waals surface area contributed by atoms with E-state index in [4.69, 9.17) is 30.8 Å². The van der Waals surface area contributed by atoms with Crippen LogP contribution in [0.5, 0.6) is 11.5 Å². The number of aromatic amines is 1. The van der Waals surface area contributed by atoms with Crippen LogP contribution in [0.2, 0.25) is 5.02 Å². The summed E-state index contributed by atoms with van der Waals surface area (Å²) in [5, 5.41) is 9.63. The van der Waals surface area contributed by atoms with Crippen molar-refractivity contribution in [1.29, 1.82) is 0 Å². The molecule has 2 aromatic heterocycles. The molecule has 2 unspecified atom stereocenters. The second kappa shape index (κ2) is 11.9. The SMILES string of the molecule is CSc1nnc(-c2ccc3c(c2)nc(CN2CCC(c4cccc5c4OC(C)(c4ccc(Cl)cc4F)O5)CC2)n3CC2CCO2)[nH]1. The number of nitrogens with zero attached hydrogens (tertiary/aromatic N) is 5. The molecule has 3 aliphatic heterocycles. The lowest BCUT2D eigenvalue weighted by Crippen LogP contribution is -2.35. The van der Waals surface area contributed by atoms with Gasteiger partial charge in [-0.05, 0) is 87.0 Å². The molecule has 2 fully saturated rings. The maximum atomic E-state index is 14.9. The minimum Gasteiger partial charge on any atom is -0.444 e. The van der Waals surface area contributed by atoms with Gasteiger partial charge in [0.25, 0.3) is 5.79 Å². The molecule has 5 aromatic rings. The van der Waals surface area contributed by atoms with Crippen LogP contribution in [-0.2, 0) is 23.6 Å². The molecular formula is C34H34ClFN6O3S. The summed E-state index contributed by atoms with van der Waals surface area (Å²) in [7, 11) is 0.